The molecule has 3 saturated heterocycles. The number of rotatable bonds is 17. The van der Waals surface area contributed by atoms with Gasteiger partial charge in [0.05, 0.1) is 42.1 Å². The van der Waals surface area contributed by atoms with Gasteiger partial charge in [-0.05, 0) is 49.8 Å². The number of amides is 3. The van der Waals surface area contributed by atoms with E-state index in [0.717, 1.165) is 5.52 Å². The van der Waals surface area contributed by atoms with E-state index >= 15 is 4.79 Å². The van der Waals surface area contributed by atoms with Crippen molar-refractivity contribution in [2.75, 3.05) is 20.2 Å². The predicted octanol–water partition coefficient (Wildman–Crippen LogP) is 4.28. The maximum atomic E-state index is 15.1. The first-order valence-corrected chi connectivity index (χ1v) is 18.9. The van der Waals surface area contributed by atoms with E-state index < -0.39 is 65.6 Å². The molecule has 1 aromatic heterocycles. The summed E-state index contributed by atoms with van der Waals surface area (Å²) >= 11 is 0. The number of carbonyl (C=O) groups is 4. The predicted molar refractivity (Wildman–Crippen MR) is 201 cm³/mol. The second-order valence-corrected chi connectivity index (χ2v) is 14.8. The third kappa shape index (κ3) is 6.83. The number of fused-ring (bicyclic) bond motifs is 2. The summed E-state index contributed by atoms with van der Waals surface area (Å²) in [5.74, 6) is -3.74. The van der Waals surface area contributed by atoms with Gasteiger partial charge in [0.15, 0.2) is 0 Å². The van der Waals surface area contributed by atoms with Crippen molar-refractivity contribution in [3.8, 4) is 0 Å². The van der Waals surface area contributed by atoms with Gasteiger partial charge >= 0.3 is 5.97 Å². The zero-order valence-electron chi connectivity index (χ0n) is 31.6. The van der Waals surface area contributed by atoms with Crippen LogP contribution in [0.1, 0.15) is 64.5 Å². The van der Waals surface area contributed by atoms with Crippen LogP contribution in [0.4, 0.5) is 0 Å². The molecule has 9 atom stereocenters. The molecule has 6 rings (SSSR count). The SMILES string of the molecule is C=CCCC(=O)N(C)[C@@H](C)[C@@H](OC(=O)[C@@H]1[C@@H]2CC[C@]3(O2)[C@H](C(=O)N(CC=C)Cn2nnc4ccccc42)N([C@@H](CO)[C@@H](C)CC)C(=O)[C@@H]13)c1ccccc1. The van der Waals surface area contributed by atoms with E-state index in [4.69, 9.17) is 9.47 Å². The van der Waals surface area contributed by atoms with Crippen LogP contribution in [0.2, 0.25) is 0 Å². The molecule has 3 aliphatic heterocycles. The van der Waals surface area contributed by atoms with Crippen LogP contribution in [0.3, 0.4) is 0 Å². The number of nitrogens with zero attached hydrogens (tertiary/aromatic N) is 6. The van der Waals surface area contributed by atoms with Crippen LogP contribution in [0.25, 0.3) is 11.0 Å². The van der Waals surface area contributed by atoms with Crippen molar-refractivity contribution in [2.45, 2.75) is 95.5 Å². The maximum absolute atomic E-state index is 15.1. The molecule has 3 aromatic rings. The molecule has 0 saturated carbocycles. The number of benzene rings is 2. The monoisotopic (exact) mass is 740 g/mol. The van der Waals surface area contributed by atoms with Gasteiger partial charge in [-0.3, -0.25) is 19.2 Å². The van der Waals surface area contributed by atoms with E-state index in [1.54, 1.807) is 33.7 Å². The molecule has 0 unspecified atom stereocenters. The Hall–Kier alpha value is -4.88. The summed E-state index contributed by atoms with van der Waals surface area (Å²) in [6, 6.07) is 14.3. The summed E-state index contributed by atoms with van der Waals surface area (Å²) in [4.78, 5) is 62.3. The van der Waals surface area contributed by atoms with Crippen molar-refractivity contribution >= 4 is 34.7 Å². The van der Waals surface area contributed by atoms with Crippen LogP contribution in [-0.4, -0.2) is 109 Å². The minimum Gasteiger partial charge on any atom is -0.455 e. The number of aromatic nitrogens is 3. The van der Waals surface area contributed by atoms with Crippen molar-refractivity contribution in [3.63, 3.8) is 0 Å². The number of hydrogen-bond donors (Lipinski definition) is 1. The Bertz CT molecular complexity index is 1870. The standard InChI is InChI=1S/C41H52N6O7/c1-7-10-20-33(49)44(6)27(5)36(28-16-12-11-13-17-28)53-40(52)34-32-21-22-41(54-32)35(34)38(50)47(31(24-48)26(4)9-3)37(41)39(51)45(23-8-2)25-46-30-19-15-14-18-29(30)42-43-46/h7-8,11-19,26-27,31-32,34-37,48H,1-2,9-10,20-25H2,3-6H3/t26-,27-,31-,32-,34+,35+,36+,37-,41+/m0/s1. The second kappa shape index (κ2) is 16.2. The Kier molecular flexibility index (Phi) is 11.7. The lowest BCUT2D eigenvalue weighted by atomic mass is 9.70. The molecular weight excluding hydrogens is 688 g/mol. The first-order valence-electron chi connectivity index (χ1n) is 18.9. The summed E-state index contributed by atoms with van der Waals surface area (Å²) in [7, 11) is 1.69. The van der Waals surface area contributed by atoms with Gasteiger partial charge in [-0.2, -0.15) is 0 Å². The molecule has 4 heterocycles. The highest BCUT2D eigenvalue weighted by Gasteiger charge is 2.76. The molecule has 3 amide bonds. The van der Waals surface area contributed by atoms with Gasteiger partial charge in [0.1, 0.15) is 29.9 Å². The topological polar surface area (TPSA) is 147 Å². The highest BCUT2D eigenvalue weighted by atomic mass is 16.6. The Morgan fingerprint density at radius 3 is 2.52 bits per heavy atom. The minimum atomic E-state index is -1.33. The normalized spacial score (nSPS) is 25.1. The molecule has 1 N–H and O–H groups in total. The number of aliphatic hydroxyl groups excluding tert-OH is 1. The van der Waals surface area contributed by atoms with Gasteiger partial charge in [0, 0.05) is 20.0 Å². The minimum absolute atomic E-state index is 0.0301. The summed E-state index contributed by atoms with van der Waals surface area (Å²) < 4.78 is 14.7. The van der Waals surface area contributed by atoms with Gasteiger partial charge in [-0.25, -0.2) is 4.68 Å². The number of ether oxygens (including phenoxy) is 2. The lowest BCUT2D eigenvalue weighted by molar-refractivity contribution is -0.165. The molecule has 288 valence electrons. The van der Waals surface area contributed by atoms with Crippen LogP contribution < -0.4 is 0 Å². The number of esters is 1. The molecule has 3 fully saturated rings. The largest absolute Gasteiger partial charge is 0.455 e. The van der Waals surface area contributed by atoms with Crippen molar-refractivity contribution in [1.82, 2.24) is 29.7 Å². The van der Waals surface area contributed by atoms with Crippen LogP contribution in [0, 0.1) is 17.8 Å². The van der Waals surface area contributed by atoms with Crippen molar-refractivity contribution < 1.29 is 33.8 Å². The van der Waals surface area contributed by atoms with E-state index in [9.17, 15) is 19.5 Å². The lowest BCUT2D eigenvalue weighted by Gasteiger charge is -2.40. The second-order valence-electron chi connectivity index (χ2n) is 14.8. The van der Waals surface area contributed by atoms with E-state index in [1.165, 1.54) is 4.90 Å². The number of para-hydroxylation sites is 1. The third-order valence-electron chi connectivity index (χ3n) is 11.9. The Labute approximate surface area is 316 Å². The quantitative estimate of drug-likeness (QED) is 0.158. The molecular formula is C41H52N6O7. The Balaban J connectivity index is 1.36. The van der Waals surface area contributed by atoms with Crippen LogP contribution in [0.5, 0.6) is 0 Å². The molecule has 3 aliphatic rings. The first kappa shape index (κ1) is 38.8. The number of hydrogen-bond acceptors (Lipinski definition) is 9. The fraction of sp³-hybridized carbons (Fsp3) is 0.512. The van der Waals surface area contributed by atoms with Gasteiger partial charge in [-0.15, -0.1) is 18.3 Å². The van der Waals surface area contributed by atoms with Crippen LogP contribution >= 0.6 is 0 Å². The summed E-state index contributed by atoms with van der Waals surface area (Å²) in [6.07, 6.45) is 4.02. The molecule has 2 aromatic carbocycles. The molecule has 13 nitrogen and oxygen atoms in total. The molecule has 0 aliphatic carbocycles. The average molecular weight is 741 g/mol. The smallest absolute Gasteiger partial charge is 0.313 e. The maximum Gasteiger partial charge on any atom is 0.313 e. The van der Waals surface area contributed by atoms with Crippen molar-refractivity contribution in [1.29, 1.82) is 0 Å². The van der Waals surface area contributed by atoms with E-state index in [-0.39, 0.29) is 38.1 Å². The highest BCUT2D eigenvalue weighted by Crippen LogP contribution is 2.59. The Morgan fingerprint density at radius 2 is 1.83 bits per heavy atom. The van der Waals surface area contributed by atoms with Crippen LogP contribution in [-0.2, 0) is 35.3 Å². The third-order valence-corrected chi connectivity index (χ3v) is 11.9. The van der Waals surface area contributed by atoms with E-state index in [2.05, 4.69) is 23.5 Å². The fourth-order valence-corrected chi connectivity index (χ4v) is 8.66. The summed E-state index contributed by atoms with van der Waals surface area (Å²) in [5.41, 5.74) is 0.773. The number of carbonyl (C=O) groups excluding carboxylic acids is 4. The zero-order valence-corrected chi connectivity index (χ0v) is 31.6. The van der Waals surface area contributed by atoms with Crippen molar-refractivity contribution in [3.05, 3.63) is 85.5 Å². The van der Waals surface area contributed by atoms with Gasteiger partial charge in [0.25, 0.3) is 0 Å². The first-order chi connectivity index (χ1) is 26.0. The van der Waals surface area contributed by atoms with E-state index in [1.807, 2.05) is 75.4 Å². The van der Waals surface area contributed by atoms with Gasteiger partial charge in [-0.1, -0.05) is 80.1 Å². The molecule has 2 bridgehead atoms. The van der Waals surface area contributed by atoms with Crippen molar-refractivity contribution in [2.24, 2.45) is 17.8 Å². The van der Waals surface area contributed by atoms with Crippen LogP contribution in [0.15, 0.2) is 79.9 Å². The summed E-state index contributed by atoms with van der Waals surface area (Å²) in [6.45, 7) is 13.2. The lowest BCUT2D eigenvalue weighted by Crippen LogP contribution is -2.60. The van der Waals surface area contributed by atoms with E-state index in [0.29, 0.717) is 36.8 Å². The molecule has 1 spiro atoms. The summed E-state index contributed by atoms with van der Waals surface area (Å²) in [5, 5.41) is 19.4. The fourth-order valence-electron chi connectivity index (χ4n) is 8.66. The Morgan fingerprint density at radius 1 is 1.11 bits per heavy atom. The number of aliphatic hydroxyl groups is 1. The molecule has 13 heteroatoms. The molecule has 0 radical (unpaired) electrons. The zero-order chi connectivity index (χ0) is 38.7. The number of likely N-dealkylation sites (tertiary alicyclic amines) is 1. The van der Waals surface area contributed by atoms with Gasteiger partial charge in [0.2, 0.25) is 17.7 Å². The highest BCUT2D eigenvalue weighted by molar-refractivity contribution is 5.98. The average Bonchev–Trinajstić information content (AvgIpc) is 3.95. The number of allylic oxidation sites excluding steroid dienone is 1. The number of likely N-dealkylation sites (N-methyl/N-ethyl adjacent to an activating group) is 1. The molecule has 54 heavy (non-hydrogen) atoms. The van der Waals surface area contributed by atoms with Gasteiger partial charge < -0.3 is 29.3 Å².